The van der Waals surface area contributed by atoms with Crippen LogP contribution in [0.4, 0.5) is 13.2 Å². The zero-order valence-electron chi connectivity index (χ0n) is 17.2. The molecule has 2 aromatic carbocycles. The van der Waals surface area contributed by atoms with Gasteiger partial charge >= 0.3 is 6.18 Å². The van der Waals surface area contributed by atoms with E-state index >= 15 is 0 Å². The lowest BCUT2D eigenvalue weighted by Crippen LogP contribution is -2.46. The molecule has 1 saturated heterocycles. The Morgan fingerprint density at radius 1 is 1.06 bits per heavy atom. The molecular formula is C23H20F3N3O3. The van der Waals surface area contributed by atoms with E-state index in [1.807, 2.05) is 0 Å². The third kappa shape index (κ3) is 3.37. The maximum Gasteiger partial charge on any atom is 0.416 e. The molecule has 3 aromatic rings. The van der Waals surface area contributed by atoms with Crippen LogP contribution in [0.2, 0.25) is 0 Å². The van der Waals surface area contributed by atoms with Crippen molar-refractivity contribution in [3.05, 3.63) is 76.5 Å². The van der Waals surface area contributed by atoms with Crippen molar-refractivity contribution in [2.24, 2.45) is 7.05 Å². The molecular weight excluding hydrogens is 423 g/mol. The Balaban J connectivity index is 1.37. The number of halogens is 3. The smallest absolute Gasteiger partial charge is 0.380 e. The standard InChI is InChI=1S/C23H20F3N3O3/c1-28-19-11-29(21(30)15-4-6-16(7-5-15)22(31)12-32-13-22)10-18(19)20(27-28)14-2-8-17(9-3-14)23(24,25)26/h2-9,31H,10-13H2,1H3. The number of amides is 1. The van der Waals surface area contributed by atoms with Gasteiger partial charge in [-0.1, -0.05) is 24.3 Å². The fourth-order valence-corrected chi connectivity index (χ4v) is 4.15. The summed E-state index contributed by atoms with van der Waals surface area (Å²) in [6, 6.07) is 11.7. The molecule has 6 nitrogen and oxygen atoms in total. The Bertz CT molecular complexity index is 1180. The third-order valence-electron chi connectivity index (χ3n) is 6.09. The summed E-state index contributed by atoms with van der Waals surface area (Å²) in [5.74, 6) is -0.164. The molecule has 0 bridgehead atoms. The van der Waals surface area contributed by atoms with Crippen molar-refractivity contribution in [1.82, 2.24) is 14.7 Å². The number of aliphatic hydroxyl groups is 1. The minimum Gasteiger partial charge on any atom is -0.380 e. The second-order valence-electron chi connectivity index (χ2n) is 8.24. The van der Waals surface area contributed by atoms with Crippen molar-refractivity contribution in [3.8, 4) is 11.3 Å². The molecule has 9 heteroatoms. The number of aromatic nitrogens is 2. The number of benzene rings is 2. The van der Waals surface area contributed by atoms with Crippen molar-refractivity contribution in [2.45, 2.75) is 24.9 Å². The van der Waals surface area contributed by atoms with Crippen molar-refractivity contribution in [2.75, 3.05) is 13.2 Å². The lowest BCUT2D eigenvalue weighted by atomic mass is 9.91. The van der Waals surface area contributed by atoms with E-state index in [9.17, 15) is 23.1 Å². The van der Waals surface area contributed by atoms with Crippen molar-refractivity contribution < 1.29 is 27.8 Å². The maximum atomic E-state index is 13.1. The Morgan fingerprint density at radius 3 is 2.28 bits per heavy atom. The summed E-state index contributed by atoms with van der Waals surface area (Å²) >= 11 is 0. The zero-order chi connectivity index (χ0) is 22.7. The number of rotatable bonds is 3. The summed E-state index contributed by atoms with van der Waals surface area (Å²) in [6.45, 7) is 1.15. The van der Waals surface area contributed by atoms with E-state index in [0.29, 0.717) is 35.5 Å². The lowest BCUT2D eigenvalue weighted by molar-refractivity contribution is -0.184. The van der Waals surface area contributed by atoms with Gasteiger partial charge in [-0.2, -0.15) is 18.3 Å². The molecule has 2 aliphatic rings. The molecule has 0 radical (unpaired) electrons. The summed E-state index contributed by atoms with van der Waals surface area (Å²) in [6.07, 6.45) is -4.40. The van der Waals surface area contributed by atoms with Crippen LogP contribution in [-0.2, 0) is 36.7 Å². The van der Waals surface area contributed by atoms with Crippen LogP contribution in [-0.4, -0.2) is 38.9 Å². The zero-order valence-corrected chi connectivity index (χ0v) is 17.2. The second kappa shape index (κ2) is 7.18. The summed E-state index contributed by atoms with van der Waals surface area (Å²) in [5.41, 5.74) is 2.33. The van der Waals surface area contributed by atoms with E-state index in [2.05, 4.69) is 5.10 Å². The minimum absolute atomic E-state index is 0.164. The van der Waals surface area contributed by atoms with Gasteiger partial charge in [-0.05, 0) is 29.8 Å². The number of alkyl halides is 3. The Labute approximate surface area is 181 Å². The normalized spacial score (nSPS) is 17.2. The lowest BCUT2D eigenvalue weighted by Gasteiger charge is -2.36. The molecule has 0 unspecified atom stereocenters. The van der Waals surface area contributed by atoms with E-state index in [1.165, 1.54) is 12.1 Å². The van der Waals surface area contributed by atoms with Gasteiger partial charge in [0.25, 0.3) is 5.91 Å². The van der Waals surface area contributed by atoms with Gasteiger partial charge in [-0.15, -0.1) is 0 Å². The van der Waals surface area contributed by atoms with Crippen LogP contribution in [0.5, 0.6) is 0 Å². The van der Waals surface area contributed by atoms with Crippen LogP contribution in [0.1, 0.15) is 32.7 Å². The summed E-state index contributed by atoms with van der Waals surface area (Å²) < 4.78 is 45.4. The number of aryl methyl sites for hydroxylation is 1. The molecule has 1 amide bonds. The maximum absolute atomic E-state index is 13.1. The quantitative estimate of drug-likeness (QED) is 0.673. The first-order chi connectivity index (χ1) is 15.2. The highest BCUT2D eigenvalue weighted by Crippen LogP contribution is 2.35. The number of ether oxygens (including phenoxy) is 1. The van der Waals surface area contributed by atoms with E-state index in [-0.39, 0.29) is 19.1 Å². The van der Waals surface area contributed by atoms with E-state index in [1.54, 1.807) is 40.9 Å². The number of hydrogen-bond acceptors (Lipinski definition) is 4. The average molecular weight is 443 g/mol. The minimum atomic E-state index is -4.40. The van der Waals surface area contributed by atoms with Gasteiger partial charge < -0.3 is 14.7 Å². The predicted octanol–water partition coefficient (Wildman–Crippen LogP) is 3.48. The molecule has 5 rings (SSSR count). The Hall–Kier alpha value is -3.17. The van der Waals surface area contributed by atoms with Gasteiger partial charge in [0, 0.05) is 23.7 Å². The second-order valence-corrected chi connectivity index (χ2v) is 8.24. The highest BCUT2D eigenvalue weighted by Gasteiger charge is 2.38. The molecule has 32 heavy (non-hydrogen) atoms. The molecule has 0 spiro atoms. The highest BCUT2D eigenvalue weighted by atomic mass is 19.4. The van der Waals surface area contributed by atoms with E-state index in [0.717, 1.165) is 23.4 Å². The highest BCUT2D eigenvalue weighted by molar-refractivity contribution is 5.94. The molecule has 3 heterocycles. The fraction of sp³-hybridized carbons (Fsp3) is 0.304. The first-order valence-electron chi connectivity index (χ1n) is 10.1. The molecule has 1 aromatic heterocycles. The average Bonchev–Trinajstić information content (AvgIpc) is 3.32. The molecule has 1 fully saturated rings. The fourth-order valence-electron chi connectivity index (χ4n) is 4.15. The van der Waals surface area contributed by atoms with Gasteiger partial charge in [0.15, 0.2) is 0 Å². The molecule has 0 atom stereocenters. The van der Waals surface area contributed by atoms with E-state index < -0.39 is 17.3 Å². The van der Waals surface area contributed by atoms with Gasteiger partial charge in [0.1, 0.15) is 5.60 Å². The van der Waals surface area contributed by atoms with Crippen LogP contribution >= 0.6 is 0 Å². The largest absolute Gasteiger partial charge is 0.416 e. The monoisotopic (exact) mass is 443 g/mol. The molecule has 1 N–H and O–H groups in total. The molecule has 166 valence electrons. The predicted molar refractivity (Wildman–Crippen MR) is 108 cm³/mol. The number of carbonyl (C=O) groups excluding carboxylic acids is 1. The van der Waals surface area contributed by atoms with Crippen LogP contribution in [0, 0.1) is 0 Å². The third-order valence-corrected chi connectivity index (χ3v) is 6.09. The van der Waals surface area contributed by atoms with Crippen LogP contribution < -0.4 is 0 Å². The van der Waals surface area contributed by atoms with Crippen LogP contribution in [0.3, 0.4) is 0 Å². The molecule has 0 aliphatic carbocycles. The van der Waals surface area contributed by atoms with Crippen LogP contribution in [0.15, 0.2) is 48.5 Å². The van der Waals surface area contributed by atoms with Crippen LogP contribution in [0.25, 0.3) is 11.3 Å². The van der Waals surface area contributed by atoms with Gasteiger partial charge in [-0.3, -0.25) is 9.48 Å². The number of hydrogen-bond donors (Lipinski definition) is 1. The number of carbonyl (C=O) groups is 1. The summed E-state index contributed by atoms with van der Waals surface area (Å²) in [5, 5.41) is 14.8. The summed E-state index contributed by atoms with van der Waals surface area (Å²) in [4.78, 5) is 14.7. The molecule has 2 aliphatic heterocycles. The number of nitrogens with zero attached hydrogens (tertiary/aromatic N) is 3. The molecule has 0 saturated carbocycles. The summed E-state index contributed by atoms with van der Waals surface area (Å²) in [7, 11) is 1.76. The Kier molecular flexibility index (Phi) is 4.65. The van der Waals surface area contributed by atoms with Gasteiger partial charge in [0.05, 0.1) is 43.3 Å². The van der Waals surface area contributed by atoms with Gasteiger partial charge in [-0.25, -0.2) is 0 Å². The van der Waals surface area contributed by atoms with Gasteiger partial charge in [0.2, 0.25) is 0 Å². The van der Waals surface area contributed by atoms with Crippen molar-refractivity contribution in [3.63, 3.8) is 0 Å². The SMILES string of the molecule is Cn1nc(-c2ccc(C(F)(F)F)cc2)c2c1CN(C(=O)c1ccc(C3(O)COC3)cc1)C2. The topological polar surface area (TPSA) is 67.6 Å². The van der Waals surface area contributed by atoms with E-state index in [4.69, 9.17) is 4.74 Å². The first kappa shape index (κ1) is 20.7. The van der Waals surface area contributed by atoms with Crippen molar-refractivity contribution >= 4 is 5.91 Å². The van der Waals surface area contributed by atoms with Crippen molar-refractivity contribution in [1.29, 1.82) is 0 Å². The Morgan fingerprint density at radius 2 is 1.72 bits per heavy atom. The first-order valence-corrected chi connectivity index (χ1v) is 10.1. The number of fused-ring (bicyclic) bond motifs is 1.